The second kappa shape index (κ2) is 5.25. The van der Waals surface area contributed by atoms with Crippen LogP contribution >= 0.6 is 0 Å². The molecule has 0 aliphatic rings. The lowest BCUT2D eigenvalue weighted by atomic mass is 10.0. The molecule has 5 N–H and O–H groups in total. The second-order valence-corrected chi connectivity index (χ2v) is 4.17. The summed E-state index contributed by atoms with van der Waals surface area (Å²) in [6, 6.07) is 3.77. The first-order valence-corrected chi connectivity index (χ1v) is 5.21. The summed E-state index contributed by atoms with van der Waals surface area (Å²) in [6.07, 6.45) is 0. The Kier molecular flexibility index (Phi) is 4.23. The molecule has 1 aromatic heterocycles. The van der Waals surface area contributed by atoms with Crippen LogP contribution in [-0.4, -0.2) is 33.9 Å². The van der Waals surface area contributed by atoms with Crippen LogP contribution in [0.2, 0.25) is 0 Å². The molecule has 0 aromatic carbocycles. The zero-order valence-electron chi connectivity index (χ0n) is 9.70. The van der Waals surface area contributed by atoms with E-state index in [1.807, 2.05) is 19.1 Å². The smallest absolute Gasteiger partial charge is 0.131 e. The molecule has 0 unspecified atom stereocenters. The summed E-state index contributed by atoms with van der Waals surface area (Å²) in [7, 11) is 0. The number of aliphatic hydroxyl groups excluding tert-OH is 2. The first-order valence-electron chi connectivity index (χ1n) is 5.21. The van der Waals surface area contributed by atoms with Crippen LogP contribution in [0, 0.1) is 6.92 Å². The molecule has 1 aromatic rings. The van der Waals surface area contributed by atoms with Gasteiger partial charge in [0.2, 0.25) is 0 Å². The molecule has 0 bridgehead atoms. The number of aryl methyl sites for hydroxylation is 1. The number of aromatic nitrogens is 1. The van der Waals surface area contributed by atoms with Gasteiger partial charge < -0.3 is 21.3 Å². The average molecular weight is 225 g/mol. The van der Waals surface area contributed by atoms with Gasteiger partial charge >= 0.3 is 0 Å². The molecule has 90 valence electrons. The van der Waals surface area contributed by atoms with Crippen molar-refractivity contribution in [1.82, 2.24) is 4.98 Å². The molecule has 0 aliphatic carbocycles. The van der Waals surface area contributed by atoms with Crippen LogP contribution in [0.15, 0.2) is 12.1 Å². The number of rotatable bonds is 5. The fourth-order valence-electron chi connectivity index (χ4n) is 1.27. The van der Waals surface area contributed by atoms with E-state index in [0.29, 0.717) is 12.4 Å². The Bertz CT molecular complexity index is 351. The lowest BCUT2D eigenvalue weighted by molar-refractivity contribution is 0.147. The van der Waals surface area contributed by atoms with Crippen LogP contribution in [0.25, 0.3) is 0 Å². The maximum atomic E-state index is 9.20. The maximum Gasteiger partial charge on any atom is 0.131 e. The van der Waals surface area contributed by atoms with Gasteiger partial charge in [-0.15, -0.1) is 0 Å². The molecular weight excluding hydrogens is 206 g/mol. The van der Waals surface area contributed by atoms with E-state index in [0.717, 1.165) is 11.3 Å². The summed E-state index contributed by atoms with van der Waals surface area (Å²) in [4.78, 5) is 4.31. The van der Waals surface area contributed by atoms with Crippen LogP contribution in [0.3, 0.4) is 0 Å². The lowest BCUT2D eigenvalue weighted by Crippen LogP contribution is -2.43. The number of nitrogens with two attached hydrogens (primary N) is 1. The largest absolute Gasteiger partial charge is 0.394 e. The van der Waals surface area contributed by atoms with E-state index >= 15 is 0 Å². The van der Waals surface area contributed by atoms with Gasteiger partial charge in [-0.1, -0.05) is 6.07 Å². The first kappa shape index (κ1) is 12.9. The number of aliphatic hydroxyl groups is 2. The fraction of sp³-hybridized carbons (Fsp3) is 0.545. The van der Waals surface area contributed by atoms with Gasteiger partial charge in [0.25, 0.3) is 0 Å². The van der Waals surface area contributed by atoms with Crippen LogP contribution in [0.1, 0.15) is 18.2 Å². The topological polar surface area (TPSA) is 91.4 Å². The number of pyridine rings is 1. The highest BCUT2D eigenvalue weighted by molar-refractivity contribution is 5.47. The van der Waals surface area contributed by atoms with E-state index in [4.69, 9.17) is 5.73 Å². The third kappa shape index (κ3) is 2.91. The third-order valence-electron chi connectivity index (χ3n) is 2.46. The summed E-state index contributed by atoms with van der Waals surface area (Å²) >= 11 is 0. The molecule has 16 heavy (non-hydrogen) atoms. The monoisotopic (exact) mass is 225 g/mol. The number of anilines is 1. The van der Waals surface area contributed by atoms with Crippen LogP contribution in [0.4, 0.5) is 5.82 Å². The van der Waals surface area contributed by atoms with Crippen molar-refractivity contribution in [2.75, 3.05) is 18.5 Å². The molecule has 0 spiro atoms. The van der Waals surface area contributed by atoms with Crippen molar-refractivity contribution in [2.45, 2.75) is 25.9 Å². The SMILES string of the molecule is Cc1ccc(CN)c(NC(C)(CO)CO)n1. The van der Waals surface area contributed by atoms with E-state index in [9.17, 15) is 10.2 Å². The summed E-state index contributed by atoms with van der Waals surface area (Å²) in [5.74, 6) is 0.619. The molecule has 0 atom stereocenters. The predicted octanol–water partition coefficient (Wildman–Crippen LogP) is 0.00392. The minimum atomic E-state index is -0.787. The Hall–Kier alpha value is -1.17. The highest BCUT2D eigenvalue weighted by atomic mass is 16.3. The van der Waals surface area contributed by atoms with E-state index in [2.05, 4.69) is 10.3 Å². The molecule has 0 aliphatic heterocycles. The molecule has 0 saturated heterocycles. The molecule has 5 nitrogen and oxygen atoms in total. The van der Waals surface area contributed by atoms with E-state index in [1.165, 1.54) is 0 Å². The number of nitrogens with zero attached hydrogens (tertiary/aromatic N) is 1. The van der Waals surface area contributed by atoms with E-state index in [1.54, 1.807) is 6.92 Å². The van der Waals surface area contributed by atoms with Crippen molar-refractivity contribution < 1.29 is 10.2 Å². The van der Waals surface area contributed by atoms with Gasteiger partial charge in [0, 0.05) is 17.8 Å². The van der Waals surface area contributed by atoms with Crippen molar-refractivity contribution in [1.29, 1.82) is 0 Å². The van der Waals surface area contributed by atoms with Crippen molar-refractivity contribution >= 4 is 5.82 Å². The molecule has 0 saturated carbocycles. The molecule has 1 heterocycles. The Labute approximate surface area is 95.3 Å². The van der Waals surface area contributed by atoms with Gasteiger partial charge in [0.05, 0.1) is 18.8 Å². The maximum absolute atomic E-state index is 9.20. The lowest BCUT2D eigenvalue weighted by Gasteiger charge is -2.28. The number of nitrogens with one attached hydrogen (secondary N) is 1. The third-order valence-corrected chi connectivity index (χ3v) is 2.46. The Balaban J connectivity index is 2.98. The van der Waals surface area contributed by atoms with Crippen LogP contribution < -0.4 is 11.1 Å². The average Bonchev–Trinajstić information content (AvgIpc) is 2.29. The minimum Gasteiger partial charge on any atom is -0.394 e. The number of hydrogen-bond acceptors (Lipinski definition) is 5. The van der Waals surface area contributed by atoms with Crippen molar-refractivity contribution in [3.8, 4) is 0 Å². The Morgan fingerprint density at radius 1 is 1.38 bits per heavy atom. The summed E-state index contributed by atoms with van der Waals surface area (Å²) in [6.45, 7) is 3.60. The summed E-state index contributed by atoms with van der Waals surface area (Å²) in [5, 5.41) is 21.4. The zero-order chi connectivity index (χ0) is 12.2. The fourth-order valence-corrected chi connectivity index (χ4v) is 1.27. The predicted molar refractivity (Wildman–Crippen MR) is 63.1 cm³/mol. The molecule has 5 heteroatoms. The first-order chi connectivity index (χ1) is 7.54. The molecule has 0 fully saturated rings. The standard InChI is InChI=1S/C11H19N3O2/c1-8-3-4-9(5-12)10(13-8)14-11(2,6-15)7-16/h3-4,15-16H,5-7,12H2,1-2H3,(H,13,14). The quantitative estimate of drug-likeness (QED) is 0.566. The van der Waals surface area contributed by atoms with Gasteiger partial charge in [-0.05, 0) is 19.9 Å². The Morgan fingerprint density at radius 3 is 2.50 bits per heavy atom. The van der Waals surface area contributed by atoms with Crippen molar-refractivity contribution in [3.05, 3.63) is 23.4 Å². The minimum absolute atomic E-state index is 0.177. The van der Waals surface area contributed by atoms with Gasteiger partial charge in [0.1, 0.15) is 5.82 Å². The Morgan fingerprint density at radius 2 is 2.00 bits per heavy atom. The molecule has 0 radical (unpaired) electrons. The molecular formula is C11H19N3O2. The highest BCUT2D eigenvalue weighted by Gasteiger charge is 2.23. The van der Waals surface area contributed by atoms with E-state index in [-0.39, 0.29) is 13.2 Å². The zero-order valence-corrected chi connectivity index (χ0v) is 9.70. The van der Waals surface area contributed by atoms with Gasteiger partial charge in [-0.3, -0.25) is 0 Å². The van der Waals surface area contributed by atoms with Crippen molar-refractivity contribution in [3.63, 3.8) is 0 Å². The van der Waals surface area contributed by atoms with Gasteiger partial charge in [0.15, 0.2) is 0 Å². The van der Waals surface area contributed by atoms with Gasteiger partial charge in [-0.25, -0.2) is 4.98 Å². The molecule has 0 amide bonds. The van der Waals surface area contributed by atoms with Crippen molar-refractivity contribution in [2.24, 2.45) is 5.73 Å². The number of hydrogen-bond donors (Lipinski definition) is 4. The summed E-state index contributed by atoms with van der Waals surface area (Å²) < 4.78 is 0. The van der Waals surface area contributed by atoms with Crippen LogP contribution in [0.5, 0.6) is 0 Å². The van der Waals surface area contributed by atoms with E-state index < -0.39 is 5.54 Å². The second-order valence-electron chi connectivity index (χ2n) is 4.17. The van der Waals surface area contributed by atoms with Crippen LogP contribution in [-0.2, 0) is 6.54 Å². The normalized spacial score (nSPS) is 11.6. The highest BCUT2D eigenvalue weighted by Crippen LogP contribution is 2.17. The van der Waals surface area contributed by atoms with Gasteiger partial charge in [-0.2, -0.15) is 0 Å². The summed E-state index contributed by atoms with van der Waals surface area (Å²) in [5.41, 5.74) is 6.53. The molecule has 1 rings (SSSR count).